The van der Waals surface area contributed by atoms with Gasteiger partial charge >= 0.3 is 0 Å². The number of hydrogen-bond acceptors (Lipinski definition) is 3. The Kier molecular flexibility index (Phi) is 6.81. The summed E-state index contributed by atoms with van der Waals surface area (Å²) in [6.07, 6.45) is 1.86. The van der Waals surface area contributed by atoms with E-state index in [-0.39, 0.29) is 16.4 Å². The number of nitriles is 1. The fourth-order valence-electron chi connectivity index (χ4n) is 2.02. The van der Waals surface area contributed by atoms with Crippen molar-refractivity contribution in [3.8, 4) is 6.07 Å². The number of anilines is 1. The molecule has 0 aromatic heterocycles. The molecule has 0 saturated heterocycles. The Morgan fingerprint density at radius 2 is 2.00 bits per heavy atom. The van der Waals surface area contributed by atoms with E-state index in [9.17, 15) is 9.18 Å². The highest BCUT2D eigenvalue weighted by molar-refractivity contribution is 6.44. The van der Waals surface area contributed by atoms with E-state index in [2.05, 4.69) is 10.6 Å². The van der Waals surface area contributed by atoms with Crippen LogP contribution in [0.2, 0.25) is 10.0 Å². The highest BCUT2D eigenvalue weighted by atomic mass is 35.5. The molecule has 0 saturated carbocycles. The molecule has 25 heavy (non-hydrogen) atoms. The van der Waals surface area contributed by atoms with Gasteiger partial charge in [-0.3, -0.25) is 4.79 Å². The SMILES string of the molecule is N#C/C(=C/NCCc1cccc(F)c1)C(=O)Nc1cccc(Cl)c1Cl. The van der Waals surface area contributed by atoms with Crippen LogP contribution in [0.3, 0.4) is 0 Å². The Morgan fingerprint density at radius 1 is 1.24 bits per heavy atom. The summed E-state index contributed by atoms with van der Waals surface area (Å²) >= 11 is 11.9. The van der Waals surface area contributed by atoms with Crippen LogP contribution in [0.5, 0.6) is 0 Å². The molecular weight excluding hydrogens is 364 g/mol. The van der Waals surface area contributed by atoms with Crippen molar-refractivity contribution in [3.63, 3.8) is 0 Å². The number of halogens is 3. The van der Waals surface area contributed by atoms with Gasteiger partial charge in [-0.25, -0.2) is 4.39 Å². The molecule has 0 aliphatic heterocycles. The zero-order chi connectivity index (χ0) is 18.2. The molecule has 2 rings (SSSR count). The van der Waals surface area contributed by atoms with E-state index < -0.39 is 5.91 Å². The number of carbonyl (C=O) groups is 1. The molecule has 0 spiro atoms. The quantitative estimate of drug-likeness (QED) is 0.447. The Bertz CT molecular complexity index is 846. The van der Waals surface area contributed by atoms with E-state index in [1.807, 2.05) is 6.07 Å². The third-order valence-corrected chi connectivity index (χ3v) is 4.08. The lowest BCUT2D eigenvalue weighted by Crippen LogP contribution is -2.18. The molecule has 128 valence electrons. The van der Waals surface area contributed by atoms with Crippen molar-refractivity contribution in [1.82, 2.24) is 5.32 Å². The lowest BCUT2D eigenvalue weighted by molar-refractivity contribution is -0.112. The normalized spacial score (nSPS) is 10.9. The fraction of sp³-hybridized carbons (Fsp3) is 0.111. The number of carbonyl (C=O) groups excluding carboxylic acids is 1. The third kappa shape index (κ3) is 5.49. The molecule has 0 fully saturated rings. The number of benzene rings is 2. The van der Waals surface area contributed by atoms with Crippen LogP contribution in [0, 0.1) is 17.1 Å². The molecule has 7 heteroatoms. The second-order valence-corrected chi connectivity index (χ2v) is 5.84. The molecular formula is C18H14Cl2FN3O. The monoisotopic (exact) mass is 377 g/mol. The largest absolute Gasteiger partial charge is 0.389 e. The van der Waals surface area contributed by atoms with Crippen LogP contribution >= 0.6 is 23.2 Å². The highest BCUT2D eigenvalue weighted by Crippen LogP contribution is 2.29. The minimum Gasteiger partial charge on any atom is -0.389 e. The number of rotatable bonds is 6. The second kappa shape index (κ2) is 9.07. The molecule has 4 nitrogen and oxygen atoms in total. The Morgan fingerprint density at radius 3 is 2.72 bits per heavy atom. The zero-order valence-electron chi connectivity index (χ0n) is 13.0. The van der Waals surface area contributed by atoms with Gasteiger partial charge < -0.3 is 10.6 Å². The average molecular weight is 378 g/mol. The van der Waals surface area contributed by atoms with E-state index in [0.717, 1.165) is 5.56 Å². The topological polar surface area (TPSA) is 64.9 Å². The van der Waals surface area contributed by atoms with E-state index in [4.69, 9.17) is 28.5 Å². The van der Waals surface area contributed by atoms with Gasteiger partial charge in [-0.05, 0) is 36.2 Å². The summed E-state index contributed by atoms with van der Waals surface area (Å²) in [5.74, 6) is -0.909. The molecule has 2 aromatic rings. The minimum atomic E-state index is -0.607. The van der Waals surface area contributed by atoms with Crippen molar-refractivity contribution in [1.29, 1.82) is 5.26 Å². The van der Waals surface area contributed by atoms with Gasteiger partial charge in [-0.15, -0.1) is 0 Å². The first-order valence-corrected chi connectivity index (χ1v) is 8.10. The smallest absolute Gasteiger partial charge is 0.267 e. The van der Waals surface area contributed by atoms with Gasteiger partial charge in [0.2, 0.25) is 0 Å². The summed E-state index contributed by atoms with van der Waals surface area (Å²) in [4.78, 5) is 12.1. The van der Waals surface area contributed by atoms with Crippen LogP contribution in [-0.4, -0.2) is 12.5 Å². The standard InChI is InChI=1S/C18H14Cl2FN3O/c19-15-5-2-6-16(17(15)20)24-18(25)13(10-22)11-23-8-7-12-3-1-4-14(21)9-12/h1-6,9,11,23H,7-8H2,(H,24,25)/b13-11-. The van der Waals surface area contributed by atoms with Crippen LogP contribution < -0.4 is 10.6 Å². The first kappa shape index (κ1) is 18.8. The summed E-state index contributed by atoms with van der Waals surface area (Å²) < 4.78 is 13.1. The Hall–Kier alpha value is -2.55. The maximum Gasteiger partial charge on any atom is 0.267 e. The predicted molar refractivity (Wildman–Crippen MR) is 96.9 cm³/mol. The van der Waals surface area contributed by atoms with Crippen LogP contribution in [0.4, 0.5) is 10.1 Å². The minimum absolute atomic E-state index is 0.115. The summed E-state index contributed by atoms with van der Waals surface area (Å²) in [7, 11) is 0. The molecule has 0 unspecified atom stereocenters. The fourth-order valence-corrected chi connectivity index (χ4v) is 2.37. The highest BCUT2D eigenvalue weighted by Gasteiger charge is 2.12. The average Bonchev–Trinajstić information content (AvgIpc) is 2.59. The first-order chi connectivity index (χ1) is 12.0. The van der Waals surface area contributed by atoms with Gasteiger partial charge in [-0.2, -0.15) is 5.26 Å². The number of amides is 1. The summed E-state index contributed by atoms with van der Waals surface area (Å²) in [5, 5.41) is 15.0. The predicted octanol–water partition coefficient (Wildman–Crippen LogP) is 4.31. The second-order valence-electron chi connectivity index (χ2n) is 5.06. The zero-order valence-corrected chi connectivity index (χ0v) is 14.5. The van der Waals surface area contributed by atoms with Gasteiger partial charge in [0, 0.05) is 12.7 Å². The summed E-state index contributed by atoms with van der Waals surface area (Å²) in [6.45, 7) is 0.444. The Labute approximate surface area is 154 Å². The number of nitrogens with zero attached hydrogens (tertiary/aromatic N) is 1. The van der Waals surface area contributed by atoms with Gasteiger partial charge in [0.05, 0.1) is 15.7 Å². The van der Waals surface area contributed by atoms with Crippen LogP contribution in [0.25, 0.3) is 0 Å². The summed E-state index contributed by atoms with van der Waals surface area (Å²) in [5.41, 5.74) is 1.02. The van der Waals surface area contributed by atoms with Crippen LogP contribution in [0.15, 0.2) is 54.2 Å². The van der Waals surface area contributed by atoms with E-state index >= 15 is 0 Å². The van der Waals surface area contributed by atoms with Gasteiger partial charge in [0.15, 0.2) is 0 Å². The van der Waals surface area contributed by atoms with Crippen molar-refractivity contribution >= 4 is 34.8 Å². The van der Waals surface area contributed by atoms with Crippen LogP contribution in [-0.2, 0) is 11.2 Å². The molecule has 0 bridgehead atoms. The van der Waals surface area contributed by atoms with Crippen molar-refractivity contribution in [2.75, 3.05) is 11.9 Å². The van der Waals surface area contributed by atoms with Gasteiger partial charge in [0.1, 0.15) is 17.5 Å². The molecule has 0 radical (unpaired) electrons. The van der Waals surface area contributed by atoms with Crippen molar-refractivity contribution in [2.24, 2.45) is 0 Å². The molecule has 0 atom stereocenters. The van der Waals surface area contributed by atoms with Crippen molar-refractivity contribution in [3.05, 3.63) is 75.7 Å². The van der Waals surface area contributed by atoms with E-state index in [1.165, 1.54) is 18.3 Å². The van der Waals surface area contributed by atoms with E-state index in [1.54, 1.807) is 30.3 Å². The van der Waals surface area contributed by atoms with Crippen molar-refractivity contribution in [2.45, 2.75) is 6.42 Å². The molecule has 2 N–H and O–H groups in total. The molecule has 2 aromatic carbocycles. The maximum atomic E-state index is 13.1. The third-order valence-electron chi connectivity index (χ3n) is 3.26. The first-order valence-electron chi connectivity index (χ1n) is 7.34. The maximum absolute atomic E-state index is 13.1. The van der Waals surface area contributed by atoms with Crippen LogP contribution in [0.1, 0.15) is 5.56 Å². The lowest BCUT2D eigenvalue weighted by Gasteiger charge is -2.08. The lowest BCUT2D eigenvalue weighted by atomic mass is 10.1. The Balaban J connectivity index is 1.94. The van der Waals surface area contributed by atoms with Crippen molar-refractivity contribution < 1.29 is 9.18 Å². The molecule has 0 aliphatic rings. The van der Waals surface area contributed by atoms with Gasteiger partial charge in [0.25, 0.3) is 5.91 Å². The molecule has 1 amide bonds. The molecule has 0 heterocycles. The van der Waals surface area contributed by atoms with E-state index in [0.29, 0.717) is 23.7 Å². The molecule has 0 aliphatic carbocycles. The number of nitrogens with one attached hydrogen (secondary N) is 2. The van der Waals surface area contributed by atoms with Gasteiger partial charge in [-0.1, -0.05) is 41.4 Å². The summed E-state index contributed by atoms with van der Waals surface area (Å²) in [6, 6.07) is 12.9. The number of hydrogen-bond donors (Lipinski definition) is 2.